The van der Waals surface area contributed by atoms with Gasteiger partial charge in [-0.25, -0.2) is 5.01 Å². The van der Waals surface area contributed by atoms with Crippen molar-refractivity contribution in [2.24, 2.45) is 11.0 Å². The van der Waals surface area contributed by atoms with Crippen molar-refractivity contribution in [3.8, 4) is 5.75 Å². The van der Waals surface area contributed by atoms with Gasteiger partial charge in [0.1, 0.15) is 5.75 Å². The molecule has 7 rings (SSSR count). The third kappa shape index (κ3) is 7.74. The number of nitrogens with zero attached hydrogens (tertiary/aromatic N) is 3. The van der Waals surface area contributed by atoms with Crippen molar-refractivity contribution in [1.29, 1.82) is 0 Å². The van der Waals surface area contributed by atoms with Crippen LogP contribution in [0.3, 0.4) is 0 Å². The molecule has 4 aromatic rings. The minimum atomic E-state index is -2.19. The van der Waals surface area contributed by atoms with Crippen LogP contribution in [0.5, 0.6) is 5.75 Å². The number of hydrazone groups is 1. The van der Waals surface area contributed by atoms with Crippen LogP contribution in [-0.4, -0.2) is 67.6 Å². The lowest BCUT2D eigenvalue weighted by Crippen LogP contribution is -2.52. The molecule has 276 valence electrons. The van der Waals surface area contributed by atoms with Crippen molar-refractivity contribution in [1.82, 2.24) is 4.90 Å². The van der Waals surface area contributed by atoms with Crippen molar-refractivity contribution in [2.75, 3.05) is 18.7 Å². The molecule has 0 bridgehead atoms. The van der Waals surface area contributed by atoms with Crippen molar-refractivity contribution in [3.05, 3.63) is 125 Å². The molecule has 53 heavy (non-hydrogen) atoms. The van der Waals surface area contributed by atoms with Gasteiger partial charge in [-0.1, -0.05) is 104 Å². The van der Waals surface area contributed by atoms with E-state index in [1.54, 1.807) is 12.1 Å². The number of hydrogen-bond donors (Lipinski definition) is 1. The second-order valence-electron chi connectivity index (χ2n) is 15.4. The van der Waals surface area contributed by atoms with E-state index >= 15 is 0 Å². The van der Waals surface area contributed by atoms with Gasteiger partial charge in [-0.2, -0.15) is 5.10 Å². The van der Waals surface area contributed by atoms with Gasteiger partial charge in [0.05, 0.1) is 57.9 Å². The van der Waals surface area contributed by atoms with Gasteiger partial charge in [-0.05, 0) is 77.2 Å². The second kappa shape index (κ2) is 15.8. The fourth-order valence-corrected chi connectivity index (χ4v) is 13.0. The number of aryl methyl sites for hydroxylation is 1. The molecule has 0 spiro atoms. The molecule has 3 heterocycles. The van der Waals surface area contributed by atoms with Crippen molar-refractivity contribution < 1.29 is 24.2 Å². The summed E-state index contributed by atoms with van der Waals surface area (Å²) in [6, 6.07) is 34.6. The zero-order valence-electron chi connectivity index (χ0n) is 31.3. The first kappa shape index (κ1) is 36.8. The molecule has 0 aromatic heterocycles. The van der Waals surface area contributed by atoms with Gasteiger partial charge in [0.25, 0.3) is 0 Å². The Morgan fingerprint density at radius 1 is 0.925 bits per heavy atom. The first-order valence-electron chi connectivity index (χ1n) is 19.0. The van der Waals surface area contributed by atoms with Gasteiger partial charge >= 0.3 is 0 Å². The number of carbonyl (C=O) groups is 2. The Bertz CT molecular complexity index is 1950. The number of aliphatic hydroxyl groups is 1. The van der Waals surface area contributed by atoms with Crippen LogP contribution < -0.4 is 14.9 Å². The number of amides is 2. The third-order valence-electron chi connectivity index (χ3n) is 11.8. The average molecular weight is 730 g/mol. The molecule has 1 fully saturated rings. The summed E-state index contributed by atoms with van der Waals surface area (Å²) in [5, 5.41) is 18.0. The van der Waals surface area contributed by atoms with Crippen LogP contribution in [0, 0.1) is 5.92 Å². The van der Waals surface area contributed by atoms with Crippen LogP contribution in [-0.2, 0) is 33.7 Å². The standard InChI is InChI=1S/C44H51N3O5Si/c1-30-40(23-17-31-11-10-16-35(25-31)47-42(49)24-22-39(45-47)32-12-6-5-7-13-32)52-41(44(30)53(3,4)38-20-18-37(51-2)19-21-38)27-43(50)46-28-34-15-9-8-14-33(34)26-36(46)29-48/h5-16,18-21,25,30,36,40-41,44,48H,17,22-24,26-29H2,1-4H3/t30-,36+,40+,41-,44+/m1/s1. The van der Waals surface area contributed by atoms with E-state index in [0.29, 0.717) is 25.8 Å². The van der Waals surface area contributed by atoms with Crippen LogP contribution in [0.1, 0.15) is 54.9 Å². The van der Waals surface area contributed by atoms with Crippen LogP contribution in [0.4, 0.5) is 5.69 Å². The molecule has 4 aromatic carbocycles. The number of benzene rings is 4. The Hall–Kier alpha value is -4.57. The van der Waals surface area contributed by atoms with E-state index in [1.165, 1.54) is 10.8 Å². The van der Waals surface area contributed by atoms with Crippen LogP contribution in [0.15, 0.2) is 108 Å². The normalized spacial score (nSPS) is 23.1. The number of anilines is 1. The predicted octanol–water partition coefficient (Wildman–Crippen LogP) is 6.88. The van der Waals surface area contributed by atoms with Gasteiger partial charge in [0.2, 0.25) is 11.8 Å². The molecule has 5 atom stereocenters. The Morgan fingerprint density at radius 2 is 1.66 bits per heavy atom. The van der Waals surface area contributed by atoms with Crippen LogP contribution in [0.25, 0.3) is 0 Å². The number of rotatable bonds is 11. The smallest absolute Gasteiger partial charge is 0.247 e. The fraction of sp³-hybridized carbons (Fsp3) is 0.386. The zero-order chi connectivity index (χ0) is 37.1. The molecule has 8 nitrogen and oxygen atoms in total. The highest BCUT2D eigenvalue weighted by Crippen LogP contribution is 2.47. The van der Waals surface area contributed by atoms with Gasteiger partial charge in [0, 0.05) is 19.4 Å². The summed E-state index contributed by atoms with van der Waals surface area (Å²) in [6.45, 7) is 7.53. The number of methoxy groups -OCH3 is 1. The SMILES string of the molecule is COc1ccc([Si](C)(C)[C@H]2[C@H](C)[C@H](CCc3cccc(N4N=C(c5ccccc5)CCC4=O)c3)O[C@@H]2CC(=O)N2Cc3ccccc3C[C@H]2CO)cc1. The van der Waals surface area contributed by atoms with Crippen molar-refractivity contribution in [2.45, 2.75) is 88.9 Å². The lowest BCUT2D eigenvalue weighted by atomic mass is 9.93. The topological polar surface area (TPSA) is 91.7 Å². The van der Waals surface area contributed by atoms with Crippen molar-refractivity contribution >= 4 is 36.5 Å². The van der Waals surface area contributed by atoms with E-state index < -0.39 is 8.07 Å². The van der Waals surface area contributed by atoms with Gasteiger partial charge < -0.3 is 19.5 Å². The molecule has 0 unspecified atom stereocenters. The highest BCUT2D eigenvalue weighted by atomic mass is 28.3. The van der Waals surface area contributed by atoms with Crippen LogP contribution in [0.2, 0.25) is 18.6 Å². The maximum absolute atomic E-state index is 14.2. The maximum atomic E-state index is 14.2. The molecule has 1 N–H and O–H groups in total. The van der Waals surface area contributed by atoms with Crippen LogP contribution >= 0.6 is 0 Å². The Kier molecular flexibility index (Phi) is 11.0. The van der Waals surface area contributed by atoms with E-state index in [0.717, 1.165) is 46.7 Å². The number of aliphatic hydroxyl groups excluding tert-OH is 1. The highest BCUT2D eigenvalue weighted by Gasteiger charge is 2.51. The molecule has 1 saturated heterocycles. The first-order chi connectivity index (χ1) is 25.7. The summed E-state index contributed by atoms with van der Waals surface area (Å²) in [7, 11) is -0.506. The van der Waals surface area contributed by atoms with E-state index in [9.17, 15) is 14.7 Å². The average Bonchev–Trinajstić information content (AvgIpc) is 3.51. The predicted molar refractivity (Wildman–Crippen MR) is 212 cm³/mol. The molecule has 0 radical (unpaired) electrons. The summed E-state index contributed by atoms with van der Waals surface area (Å²) in [6.07, 6.45) is 3.26. The summed E-state index contributed by atoms with van der Waals surface area (Å²) in [4.78, 5) is 29.2. The fourth-order valence-electron chi connectivity index (χ4n) is 8.92. The molecule has 2 amide bonds. The van der Waals surface area contributed by atoms with Gasteiger partial charge in [0.15, 0.2) is 0 Å². The maximum Gasteiger partial charge on any atom is 0.247 e. The van der Waals surface area contributed by atoms with Gasteiger partial charge in [-0.3, -0.25) is 9.59 Å². The quantitative estimate of drug-likeness (QED) is 0.170. The van der Waals surface area contributed by atoms with E-state index in [1.807, 2.05) is 71.6 Å². The van der Waals surface area contributed by atoms with Crippen molar-refractivity contribution in [3.63, 3.8) is 0 Å². The van der Waals surface area contributed by atoms with Gasteiger partial charge in [-0.15, -0.1) is 0 Å². The largest absolute Gasteiger partial charge is 0.497 e. The number of hydrogen-bond acceptors (Lipinski definition) is 6. The Labute approximate surface area is 314 Å². The number of carbonyl (C=O) groups excluding carboxylic acids is 2. The van der Waals surface area contributed by atoms with E-state index in [-0.39, 0.29) is 54.6 Å². The Balaban J connectivity index is 1.11. The molecule has 3 aliphatic heterocycles. The number of ether oxygens (including phenoxy) is 2. The summed E-state index contributed by atoms with van der Waals surface area (Å²) in [5.74, 6) is 1.08. The zero-order valence-corrected chi connectivity index (χ0v) is 32.3. The van der Waals surface area contributed by atoms with E-state index in [2.05, 4.69) is 56.4 Å². The number of fused-ring (bicyclic) bond motifs is 1. The third-order valence-corrected chi connectivity index (χ3v) is 16.2. The summed E-state index contributed by atoms with van der Waals surface area (Å²) >= 11 is 0. The lowest BCUT2D eigenvalue weighted by Gasteiger charge is -2.39. The monoisotopic (exact) mass is 729 g/mol. The summed E-state index contributed by atoms with van der Waals surface area (Å²) < 4.78 is 12.5. The first-order valence-corrected chi connectivity index (χ1v) is 22.1. The minimum absolute atomic E-state index is 0.00344. The molecule has 0 saturated carbocycles. The highest BCUT2D eigenvalue weighted by molar-refractivity contribution is 6.91. The molecular weight excluding hydrogens is 679 g/mol. The molecule has 9 heteroatoms. The second-order valence-corrected chi connectivity index (χ2v) is 20.1. The van der Waals surface area contributed by atoms with E-state index in [4.69, 9.17) is 14.6 Å². The molecule has 0 aliphatic carbocycles. The lowest BCUT2D eigenvalue weighted by molar-refractivity contribution is -0.138. The minimum Gasteiger partial charge on any atom is -0.497 e. The Morgan fingerprint density at radius 3 is 2.40 bits per heavy atom. The summed E-state index contributed by atoms with van der Waals surface area (Å²) in [5.41, 5.74) is 6.38. The molecule has 3 aliphatic rings. The molecular formula is C44H51N3O5Si.